The molecule has 43 heavy (non-hydrogen) atoms. The molecule has 1 saturated carbocycles. The van der Waals surface area contributed by atoms with Crippen LogP contribution in [0.3, 0.4) is 0 Å². The number of aryl methyl sites for hydroxylation is 2. The van der Waals surface area contributed by atoms with Crippen molar-refractivity contribution in [2.45, 2.75) is 83.3 Å². The summed E-state index contributed by atoms with van der Waals surface area (Å²) in [5.41, 5.74) is 3.62. The van der Waals surface area contributed by atoms with Crippen molar-refractivity contribution in [1.29, 1.82) is 0 Å². The number of hydrogen-bond donors (Lipinski definition) is 1. The summed E-state index contributed by atoms with van der Waals surface area (Å²) in [5.74, 6) is -0.797. The van der Waals surface area contributed by atoms with Gasteiger partial charge in [-0.3, -0.25) is 13.9 Å². The number of amides is 2. The molecule has 0 spiro atoms. The van der Waals surface area contributed by atoms with Gasteiger partial charge in [-0.05, 0) is 87.6 Å². The van der Waals surface area contributed by atoms with Gasteiger partial charge in [-0.25, -0.2) is 8.42 Å². The number of carbonyl (C=O) groups excluding carboxylic acids is 2. The maximum Gasteiger partial charge on any atom is 0.264 e. The number of anilines is 1. The molecule has 4 rings (SSSR count). The third kappa shape index (κ3) is 7.91. The van der Waals surface area contributed by atoms with Crippen LogP contribution in [0.15, 0.2) is 65.6 Å². The first-order chi connectivity index (χ1) is 20.4. The van der Waals surface area contributed by atoms with Gasteiger partial charge in [0.15, 0.2) is 0 Å². The van der Waals surface area contributed by atoms with Crippen molar-refractivity contribution in [3.63, 3.8) is 0 Å². The van der Waals surface area contributed by atoms with Gasteiger partial charge in [0.1, 0.15) is 12.6 Å². The van der Waals surface area contributed by atoms with E-state index in [-0.39, 0.29) is 23.4 Å². The van der Waals surface area contributed by atoms with Gasteiger partial charge < -0.3 is 10.2 Å². The lowest BCUT2D eigenvalue weighted by Crippen LogP contribution is -2.53. The quantitative estimate of drug-likeness (QED) is 0.258. The van der Waals surface area contributed by atoms with Gasteiger partial charge in [0, 0.05) is 12.6 Å². The average Bonchev–Trinajstić information content (AvgIpc) is 2.98. The highest BCUT2D eigenvalue weighted by Gasteiger charge is 2.34. The predicted octanol–water partition coefficient (Wildman–Crippen LogP) is 6.98. The number of sulfonamides is 1. The fourth-order valence-electron chi connectivity index (χ4n) is 5.34. The van der Waals surface area contributed by atoms with E-state index in [1.165, 1.54) is 4.90 Å². The van der Waals surface area contributed by atoms with Crippen molar-refractivity contribution in [1.82, 2.24) is 10.2 Å². The van der Waals surface area contributed by atoms with Crippen LogP contribution in [0.5, 0.6) is 0 Å². The highest BCUT2D eigenvalue weighted by molar-refractivity contribution is 7.92. The summed E-state index contributed by atoms with van der Waals surface area (Å²) in [6.07, 6.45) is 5.04. The lowest BCUT2D eigenvalue weighted by atomic mass is 9.95. The first-order valence-corrected chi connectivity index (χ1v) is 16.8. The molecule has 1 N–H and O–H groups in total. The number of halogens is 2. The van der Waals surface area contributed by atoms with Crippen molar-refractivity contribution >= 4 is 50.7 Å². The van der Waals surface area contributed by atoms with E-state index >= 15 is 0 Å². The highest BCUT2D eigenvalue weighted by Crippen LogP contribution is 2.30. The average molecular weight is 645 g/mol. The molecule has 1 aliphatic carbocycles. The molecule has 0 radical (unpaired) electrons. The largest absolute Gasteiger partial charge is 0.352 e. The first kappa shape index (κ1) is 32.8. The maximum atomic E-state index is 14.2. The molecule has 1 aliphatic rings. The van der Waals surface area contributed by atoms with Crippen molar-refractivity contribution in [3.05, 3.63) is 93.0 Å². The Balaban J connectivity index is 1.72. The minimum Gasteiger partial charge on any atom is -0.352 e. The Hall–Kier alpha value is -3.07. The van der Waals surface area contributed by atoms with Crippen molar-refractivity contribution < 1.29 is 18.0 Å². The second-order valence-electron chi connectivity index (χ2n) is 11.3. The number of rotatable bonds is 10. The molecule has 0 saturated heterocycles. The van der Waals surface area contributed by atoms with Crippen LogP contribution in [0.1, 0.15) is 61.3 Å². The van der Waals surface area contributed by atoms with E-state index in [0.717, 1.165) is 53.1 Å². The Kier molecular flexibility index (Phi) is 10.8. The molecule has 3 aromatic carbocycles. The van der Waals surface area contributed by atoms with E-state index in [1.54, 1.807) is 61.5 Å². The third-order valence-corrected chi connectivity index (χ3v) is 10.7. The van der Waals surface area contributed by atoms with Gasteiger partial charge in [0.25, 0.3) is 10.0 Å². The molecule has 3 aromatic rings. The van der Waals surface area contributed by atoms with Crippen LogP contribution in [-0.4, -0.2) is 43.8 Å². The van der Waals surface area contributed by atoms with Gasteiger partial charge in [-0.1, -0.05) is 78.4 Å². The van der Waals surface area contributed by atoms with Crippen molar-refractivity contribution in [2.75, 3.05) is 10.8 Å². The summed E-state index contributed by atoms with van der Waals surface area (Å²) in [6.45, 7) is 6.82. The summed E-state index contributed by atoms with van der Waals surface area (Å²) in [4.78, 5) is 29.2. The molecule has 0 aliphatic heterocycles. The molecule has 7 nitrogen and oxygen atoms in total. The van der Waals surface area contributed by atoms with Crippen LogP contribution in [0.25, 0.3) is 0 Å². The van der Waals surface area contributed by atoms with Gasteiger partial charge in [0.05, 0.1) is 20.6 Å². The third-order valence-electron chi connectivity index (χ3n) is 8.19. The van der Waals surface area contributed by atoms with Crippen molar-refractivity contribution in [2.24, 2.45) is 0 Å². The number of benzene rings is 3. The molecule has 0 aromatic heterocycles. The predicted molar refractivity (Wildman–Crippen MR) is 173 cm³/mol. The molecule has 2 amide bonds. The Labute approximate surface area is 265 Å². The first-order valence-electron chi connectivity index (χ1n) is 14.6. The number of nitrogens with one attached hydrogen (secondary N) is 1. The fraction of sp³-hybridized carbons (Fsp3) is 0.394. The van der Waals surface area contributed by atoms with Gasteiger partial charge in [-0.15, -0.1) is 0 Å². The zero-order valence-electron chi connectivity index (χ0n) is 25.1. The molecule has 1 fully saturated rings. The molecule has 0 bridgehead atoms. The summed E-state index contributed by atoms with van der Waals surface area (Å²) < 4.78 is 29.4. The number of hydrogen-bond acceptors (Lipinski definition) is 4. The van der Waals surface area contributed by atoms with Crippen LogP contribution in [0.4, 0.5) is 5.69 Å². The van der Waals surface area contributed by atoms with Crippen molar-refractivity contribution in [3.8, 4) is 0 Å². The Morgan fingerprint density at radius 3 is 2.26 bits per heavy atom. The molecule has 10 heteroatoms. The van der Waals surface area contributed by atoms with E-state index < -0.39 is 28.5 Å². The van der Waals surface area contributed by atoms with E-state index in [0.29, 0.717) is 21.3 Å². The molecular formula is C33H39Cl2N3O4S. The van der Waals surface area contributed by atoms with E-state index in [2.05, 4.69) is 5.32 Å². The lowest BCUT2D eigenvalue weighted by molar-refractivity contribution is -0.139. The minimum atomic E-state index is -4.15. The molecule has 1 atom stereocenters. The standard InChI is InChI=1S/C33H39Cl2N3O4S/c1-22-13-16-28(17-14-22)43(41,42)38(31-12-8-9-23(2)24(31)3)21-32(39)37(20-26-15-18-29(34)30(35)19-26)25(4)33(40)36-27-10-6-5-7-11-27/h8-9,12-19,25,27H,5-7,10-11,20-21H2,1-4H3,(H,36,40)/t25-/m1/s1. The van der Waals surface area contributed by atoms with Gasteiger partial charge in [-0.2, -0.15) is 0 Å². The monoisotopic (exact) mass is 643 g/mol. The molecule has 0 unspecified atom stereocenters. The van der Waals surface area contributed by atoms with Crippen LogP contribution in [0, 0.1) is 20.8 Å². The maximum absolute atomic E-state index is 14.2. The van der Waals surface area contributed by atoms with Gasteiger partial charge >= 0.3 is 0 Å². The van der Waals surface area contributed by atoms with Crippen LogP contribution in [-0.2, 0) is 26.2 Å². The van der Waals surface area contributed by atoms with E-state index in [9.17, 15) is 18.0 Å². The summed E-state index contributed by atoms with van der Waals surface area (Å²) >= 11 is 12.4. The molecule has 230 valence electrons. The zero-order chi connectivity index (χ0) is 31.3. The summed E-state index contributed by atoms with van der Waals surface area (Å²) in [6, 6.07) is 16.1. The minimum absolute atomic E-state index is 0.0419. The summed E-state index contributed by atoms with van der Waals surface area (Å²) in [5, 5.41) is 3.81. The Morgan fingerprint density at radius 2 is 1.60 bits per heavy atom. The van der Waals surface area contributed by atoms with Crippen LogP contribution < -0.4 is 9.62 Å². The second kappa shape index (κ2) is 14.1. The zero-order valence-corrected chi connectivity index (χ0v) is 27.4. The van der Waals surface area contributed by atoms with Crippen LogP contribution >= 0.6 is 23.2 Å². The van der Waals surface area contributed by atoms with E-state index in [4.69, 9.17) is 23.2 Å². The highest BCUT2D eigenvalue weighted by atomic mass is 35.5. The fourth-order valence-corrected chi connectivity index (χ4v) is 7.13. The van der Waals surface area contributed by atoms with Gasteiger partial charge in [0.2, 0.25) is 11.8 Å². The SMILES string of the molecule is Cc1ccc(S(=O)(=O)N(CC(=O)N(Cc2ccc(Cl)c(Cl)c2)[C@H](C)C(=O)NC2CCCCC2)c2cccc(C)c2C)cc1. The second-order valence-corrected chi connectivity index (χ2v) is 14.0. The Morgan fingerprint density at radius 1 is 0.930 bits per heavy atom. The Bertz CT molecular complexity index is 1570. The normalized spacial score (nSPS) is 14.7. The number of carbonyl (C=O) groups is 2. The lowest BCUT2D eigenvalue weighted by Gasteiger charge is -2.33. The summed E-state index contributed by atoms with van der Waals surface area (Å²) in [7, 11) is -4.15. The van der Waals surface area contributed by atoms with E-state index in [1.807, 2.05) is 26.8 Å². The van der Waals surface area contributed by atoms with Crippen LogP contribution in [0.2, 0.25) is 10.0 Å². The topological polar surface area (TPSA) is 86.8 Å². The number of nitrogens with zero attached hydrogens (tertiary/aromatic N) is 2. The molecule has 0 heterocycles. The smallest absolute Gasteiger partial charge is 0.264 e. The molecular weight excluding hydrogens is 605 g/mol.